The molecule has 0 saturated heterocycles. The number of rotatable bonds is 3. The molecular weight excluding hydrogens is 170 g/mol. The molecule has 0 radical (unpaired) electrons. The van der Waals surface area contributed by atoms with Gasteiger partial charge < -0.3 is 0 Å². The molecule has 0 aliphatic heterocycles. The number of hydrogen-bond donors (Lipinski definition) is 0. The van der Waals surface area contributed by atoms with Crippen LogP contribution >= 0.6 is 0 Å². The van der Waals surface area contributed by atoms with Crippen LogP contribution in [0.4, 0.5) is 0 Å². The van der Waals surface area contributed by atoms with E-state index in [1.54, 1.807) is 0 Å². The summed E-state index contributed by atoms with van der Waals surface area (Å²) in [6.07, 6.45) is 8.79. The average Bonchev–Trinajstić information content (AvgIpc) is 2.74. The molecule has 2 aliphatic carbocycles. The van der Waals surface area contributed by atoms with Gasteiger partial charge in [0.1, 0.15) is 0 Å². The molecule has 0 spiro atoms. The van der Waals surface area contributed by atoms with E-state index in [0.29, 0.717) is 5.54 Å². The first-order valence-corrected chi connectivity index (χ1v) is 6.34. The van der Waals surface area contributed by atoms with Gasteiger partial charge in [-0.25, -0.2) is 0 Å². The molecule has 82 valence electrons. The van der Waals surface area contributed by atoms with E-state index in [9.17, 15) is 0 Å². The van der Waals surface area contributed by atoms with Crippen molar-refractivity contribution < 1.29 is 0 Å². The Morgan fingerprint density at radius 2 is 1.57 bits per heavy atom. The van der Waals surface area contributed by atoms with Crippen molar-refractivity contribution in [2.75, 3.05) is 6.54 Å². The van der Waals surface area contributed by atoms with Crippen molar-refractivity contribution in [3.63, 3.8) is 0 Å². The lowest BCUT2D eigenvalue weighted by Gasteiger charge is -2.40. The summed E-state index contributed by atoms with van der Waals surface area (Å²) in [5.41, 5.74) is 0.387. The Bertz CT molecular complexity index is 182. The van der Waals surface area contributed by atoms with E-state index < -0.39 is 0 Å². The van der Waals surface area contributed by atoms with E-state index >= 15 is 0 Å². The van der Waals surface area contributed by atoms with E-state index in [-0.39, 0.29) is 0 Å². The topological polar surface area (TPSA) is 3.24 Å². The Kier molecular flexibility index (Phi) is 2.88. The summed E-state index contributed by atoms with van der Waals surface area (Å²) in [5.74, 6) is 1.04. The van der Waals surface area contributed by atoms with Gasteiger partial charge in [-0.15, -0.1) is 0 Å². The summed E-state index contributed by atoms with van der Waals surface area (Å²) in [7, 11) is 0. The van der Waals surface area contributed by atoms with Crippen LogP contribution in [0.2, 0.25) is 0 Å². The Morgan fingerprint density at radius 1 is 1.00 bits per heavy atom. The molecule has 0 unspecified atom stereocenters. The summed E-state index contributed by atoms with van der Waals surface area (Å²) in [6.45, 7) is 8.52. The van der Waals surface area contributed by atoms with Gasteiger partial charge in [0.15, 0.2) is 0 Å². The zero-order valence-electron chi connectivity index (χ0n) is 10.1. The van der Waals surface area contributed by atoms with Crippen LogP contribution in [-0.4, -0.2) is 23.0 Å². The average molecular weight is 195 g/mol. The lowest BCUT2D eigenvalue weighted by atomic mass is 10.0. The summed E-state index contributed by atoms with van der Waals surface area (Å²) < 4.78 is 0. The molecule has 2 aliphatic rings. The lowest BCUT2D eigenvalue weighted by Crippen LogP contribution is -2.48. The van der Waals surface area contributed by atoms with Crippen LogP contribution in [0, 0.1) is 5.92 Å². The van der Waals surface area contributed by atoms with E-state index in [1.807, 2.05) is 0 Å². The monoisotopic (exact) mass is 195 g/mol. The molecule has 1 nitrogen and oxygen atoms in total. The van der Waals surface area contributed by atoms with Crippen LogP contribution in [0.5, 0.6) is 0 Å². The smallest absolute Gasteiger partial charge is 0.0128 e. The Balaban J connectivity index is 1.96. The normalized spacial score (nSPS) is 24.9. The third kappa shape index (κ3) is 2.50. The van der Waals surface area contributed by atoms with Crippen molar-refractivity contribution in [1.82, 2.24) is 4.90 Å². The molecule has 1 heteroatoms. The number of nitrogens with zero attached hydrogens (tertiary/aromatic N) is 1. The molecule has 0 atom stereocenters. The quantitative estimate of drug-likeness (QED) is 0.667. The van der Waals surface area contributed by atoms with Crippen molar-refractivity contribution in [2.45, 2.75) is 70.9 Å². The van der Waals surface area contributed by atoms with Crippen LogP contribution < -0.4 is 0 Å². The molecule has 14 heavy (non-hydrogen) atoms. The second-order valence-corrected chi connectivity index (χ2v) is 6.20. The fraction of sp³-hybridized carbons (Fsp3) is 1.00. The van der Waals surface area contributed by atoms with Crippen LogP contribution in [0.3, 0.4) is 0 Å². The van der Waals surface area contributed by atoms with Gasteiger partial charge in [0.2, 0.25) is 0 Å². The lowest BCUT2D eigenvalue weighted by molar-refractivity contribution is 0.0786. The Morgan fingerprint density at radius 3 is 2.00 bits per heavy atom. The van der Waals surface area contributed by atoms with E-state index in [0.717, 1.165) is 12.0 Å². The molecule has 2 rings (SSSR count). The second kappa shape index (κ2) is 3.84. The van der Waals surface area contributed by atoms with E-state index in [1.165, 1.54) is 45.1 Å². The van der Waals surface area contributed by atoms with Crippen molar-refractivity contribution >= 4 is 0 Å². The first-order valence-electron chi connectivity index (χ1n) is 6.34. The molecule has 0 aromatic carbocycles. The van der Waals surface area contributed by atoms with Gasteiger partial charge in [-0.2, -0.15) is 0 Å². The predicted molar refractivity (Wildman–Crippen MR) is 61.4 cm³/mol. The van der Waals surface area contributed by atoms with Gasteiger partial charge in [-0.05, 0) is 52.4 Å². The van der Waals surface area contributed by atoms with Gasteiger partial charge in [0.05, 0.1) is 0 Å². The molecule has 0 bridgehead atoms. The van der Waals surface area contributed by atoms with E-state index in [4.69, 9.17) is 0 Å². The van der Waals surface area contributed by atoms with Crippen LogP contribution in [0.25, 0.3) is 0 Å². The SMILES string of the molecule is CC(C)(C)N(CC1CC1)C1CCCC1. The Labute approximate surface area is 88.9 Å². The minimum Gasteiger partial charge on any atom is -0.295 e. The molecule has 2 saturated carbocycles. The summed E-state index contributed by atoms with van der Waals surface area (Å²) in [4.78, 5) is 2.79. The van der Waals surface area contributed by atoms with Crippen LogP contribution in [0.15, 0.2) is 0 Å². The third-order valence-corrected chi connectivity index (χ3v) is 3.78. The van der Waals surface area contributed by atoms with Crippen molar-refractivity contribution in [3.05, 3.63) is 0 Å². The zero-order valence-corrected chi connectivity index (χ0v) is 10.1. The largest absolute Gasteiger partial charge is 0.295 e. The predicted octanol–water partition coefficient (Wildman–Crippen LogP) is 3.44. The molecular formula is C13H25N. The maximum atomic E-state index is 2.79. The highest BCUT2D eigenvalue weighted by Gasteiger charge is 2.35. The van der Waals surface area contributed by atoms with Gasteiger partial charge in [0.25, 0.3) is 0 Å². The fourth-order valence-electron chi connectivity index (χ4n) is 2.77. The van der Waals surface area contributed by atoms with Gasteiger partial charge in [0, 0.05) is 18.1 Å². The highest BCUT2D eigenvalue weighted by molar-refractivity contribution is 4.90. The minimum atomic E-state index is 0.387. The molecule has 2 fully saturated rings. The maximum absolute atomic E-state index is 2.79. The first kappa shape index (κ1) is 10.5. The minimum absolute atomic E-state index is 0.387. The van der Waals surface area contributed by atoms with Gasteiger partial charge in [-0.3, -0.25) is 4.90 Å². The maximum Gasteiger partial charge on any atom is 0.0128 e. The third-order valence-electron chi connectivity index (χ3n) is 3.78. The van der Waals surface area contributed by atoms with Crippen molar-refractivity contribution in [2.24, 2.45) is 5.92 Å². The molecule has 0 aromatic heterocycles. The highest BCUT2D eigenvalue weighted by Crippen LogP contribution is 2.36. The van der Waals surface area contributed by atoms with Crippen LogP contribution in [0.1, 0.15) is 59.3 Å². The molecule has 0 aromatic rings. The van der Waals surface area contributed by atoms with Crippen LogP contribution in [-0.2, 0) is 0 Å². The second-order valence-electron chi connectivity index (χ2n) is 6.20. The number of hydrogen-bond acceptors (Lipinski definition) is 1. The van der Waals surface area contributed by atoms with Gasteiger partial charge >= 0.3 is 0 Å². The Hall–Kier alpha value is -0.0400. The van der Waals surface area contributed by atoms with Gasteiger partial charge in [-0.1, -0.05) is 12.8 Å². The summed E-state index contributed by atoms with van der Waals surface area (Å²) in [5, 5.41) is 0. The van der Waals surface area contributed by atoms with Crippen molar-refractivity contribution in [3.8, 4) is 0 Å². The summed E-state index contributed by atoms with van der Waals surface area (Å²) >= 11 is 0. The highest BCUT2D eigenvalue weighted by atomic mass is 15.2. The van der Waals surface area contributed by atoms with Crippen molar-refractivity contribution in [1.29, 1.82) is 0 Å². The first-order chi connectivity index (χ1) is 6.57. The van der Waals surface area contributed by atoms with E-state index in [2.05, 4.69) is 25.7 Å². The summed E-state index contributed by atoms with van der Waals surface area (Å²) in [6, 6.07) is 0.899. The fourth-order valence-corrected chi connectivity index (χ4v) is 2.77. The standard InChI is InChI=1S/C13H25N/c1-13(2,3)14(10-11-8-9-11)12-6-4-5-7-12/h11-12H,4-10H2,1-3H3. The zero-order chi connectivity index (χ0) is 10.2. The molecule has 0 heterocycles. The molecule has 0 amide bonds. The molecule has 0 N–H and O–H groups in total.